The van der Waals surface area contributed by atoms with Crippen molar-refractivity contribution in [2.75, 3.05) is 16.8 Å². The Labute approximate surface area is 111 Å². The minimum atomic E-state index is -0.384. The smallest absolute Gasteiger partial charge is 0.252 e. The van der Waals surface area contributed by atoms with Crippen molar-refractivity contribution in [1.29, 1.82) is 0 Å². The quantitative estimate of drug-likeness (QED) is 0.869. The Morgan fingerprint density at radius 2 is 2.39 bits per heavy atom. The molecule has 3 N–H and O–H groups in total. The van der Waals surface area contributed by atoms with Gasteiger partial charge in [-0.1, -0.05) is 0 Å². The molecule has 1 aliphatic heterocycles. The number of nitrogens with zero attached hydrogens (tertiary/aromatic N) is 1. The molecule has 0 unspecified atom stereocenters. The number of hydrogen-bond acceptors (Lipinski definition) is 4. The molecule has 18 heavy (non-hydrogen) atoms. The molecule has 2 aliphatic rings. The number of anilines is 1. The standard InChI is InChI=1S/C13H17N3OS/c14-12(17)10-6-8-2-1-3-11(8)16-13(10)15-9-4-5-18-7-9/h6,9H,1-5,7H2,(H2,14,17)(H,15,16)/t9-/m1/s1. The Balaban J connectivity index is 1.92. The van der Waals surface area contributed by atoms with E-state index in [9.17, 15) is 4.79 Å². The topological polar surface area (TPSA) is 68.0 Å². The Morgan fingerprint density at radius 3 is 3.11 bits per heavy atom. The van der Waals surface area contributed by atoms with Gasteiger partial charge in [0.15, 0.2) is 0 Å². The summed E-state index contributed by atoms with van der Waals surface area (Å²) >= 11 is 1.93. The average molecular weight is 263 g/mol. The van der Waals surface area contributed by atoms with E-state index in [1.165, 1.54) is 11.3 Å². The van der Waals surface area contributed by atoms with E-state index in [0.29, 0.717) is 17.4 Å². The predicted molar refractivity (Wildman–Crippen MR) is 74.1 cm³/mol. The fraction of sp³-hybridized carbons (Fsp3) is 0.538. The number of aromatic nitrogens is 1. The van der Waals surface area contributed by atoms with Gasteiger partial charge in [0.2, 0.25) is 0 Å². The van der Waals surface area contributed by atoms with Gasteiger partial charge in [-0.05, 0) is 43.1 Å². The second-order valence-corrected chi connectivity index (χ2v) is 6.06. The molecule has 2 heterocycles. The molecule has 1 amide bonds. The minimum Gasteiger partial charge on any atom is -0.366 e. The molecule has 1 saturated heterocycles. The molecule has 0 spiro atoms. The fourth-order valence-corrected chi connectivity index (χ4v) is 3.76. The summed E-state index contributed by atoms with van der Waals surface area (Å²) in [5, 5.41) is 3.39. The molecule has 1 fully saturated rings. The van der Waals surface area contributed by atoms with E-state index in [4.69, 9.17) is 5.73 Å². The van der Waals surface area contributed by atoms with Gasteiger partial charge in [-0.3, -0.25) is 4.79 Å². The third-order valence-corrected chi connectivity index (χ3v) is 4.75. The van der Waals surface area contributed by atoms with E-state index >= 15 is 0 Å². The molecule has 3 rings (SSSR count). The Hall–Kier alpha value is -1.23. The van der Waals surface area contributed by atoms with Crippen LogP contribution in [0, 0.1) is 0 Å². The lowest BCUT2D eigenvalue weighted by molar-refractivity contribution is 0.100. The minimum absolute atomic E-state index is 0.384. The van der Waals surface area contributed by atoms with Gasteiger partial charge in [0.25, 0.3) is 5.91 Å². The Bertz CT molecular complexity index is 483. The molecule has 1 atom stereocenters. The maximum atomic E-state index is 11.5. The molecule has 96 valence electrons. The summed E-state index contributed by atoms with van der Waals surface area (Å²) in [6.45, 7) is 0. The molecule has 1 aliphatic carbocycles. The summed E-state index contributed by atoms with van der Waals surface area (Å²) in [7, 11) is 0. The number of fused-ring (bicyclic) bond motifs is 1. The summed E-state index contributed by atoms with van der Waals surface area (Å²) < 4.78 is 0. The lowest BCUT2D eigenvalue weighted by Gasteiger charge is -2.15. The van der Waals surface area contributed by atoms with Crippen LogP contribution in [0.25, 0.3) is 0 Å². The maximum absolute atomic E-state index is 11.5. The summed E-state index contributed by atoms with van der Waals surface area (Å²) in [4.78, 5) is 16.1. The van der Waals surface area contributed by atoms with E-state index in [1.807, 2.05) is 17.8 Å². The predicted octanol–water partition coefficient (Wildman–Crippen LogP) is 1.59. The molecular formula is C13H17N3OS. The highest BCUT2D eigenvalue weighted by Crippen LogP contribution is 2.27. The second kappa shape index (κ2) is 4.80. The molecule has 0 saturated carbocycles. The van der Waals surface area contributed by atoms with E-state index in [1.54, 1.807) is 0 Å². The number of hydrogen-bond donors (Lipinski definition) is 2. The summed E-state index contributed by atoms with van der Waals surface area (Å²) in [5.74, 6) is 2.56. The number of carbonyl (C=O) groups is 1. The summed E-state index contributed by atoms with van der Waals surface area (Å²) in [6.07, 6.45) is 4.29. The van der Waals surface area contributed by atoms with Gasteiger partial charge in [-0.25, -0.2) is 4.98 Å². The van der Waals surface area contributed by atoms with Crippen LogP contribution in [0.1, 0.15) is 34.5 Å². The van der Waals surface area contributed by atoms with E-state index in [0.717, 1.165) is 37.1 Å². The van der Waals surface area contributed by atoms with Crippen molar-refractivity contribution in [3.8, 4) is 0 Å². The van der Waals surface area contributed by atoms with E-state index in [-0.39, 0.29) is 5.91 Å². The van der Waals surface area contributed by atoms with Crippen molar-refractivity contribution in [2.24, 2.45) is 5.73 Å². The van der Waals surface area contributed by atoms with E-state index < -0.39 is 0 Å². The van der Waals surface area contributed by atoms with Gasteiger partial charge in [0.05, 0.1) is 5.56 Å². The van der Waals surface area contributed by atoms with Crippen molar-refractivity contribution >= 4 is 23.5 Å². The van der Waals surface area contributed by atoms with Crippen LogP contribution >= 0.6 is 11.8 Å². The zero-order valence-electron chi connectivity index (χ0n) is 10.2. The lowest BCUT2D eigenvalue weighted by atomic mass is 10.1. The zero-order valence-corrected chi connectivity index (χ0v) is 11.1. The number of primary amides is 1. The molecular weight excluding hydrogens is 246 g/mol. The Morgan fingerprint density at radius 1 is 1.50 bits per heavy atom. The first-order valence-electron chi connectivity index (χ1n) is 6.41. The lowest BCUT2D eigenvalue weighted by Crippen LogP contribution is -2.23. The van der Waals surface area contributed by atoms with Gasteiger partial charge >= 0.3 is 0 Å². The second-order valence-electron chi connectivity index (χ2n) is 4.91. The van der Waals surface area contributed by atoms with Gasteiger partial charge in [0.1, 0.15) is 5.82 Å². The molecule has 0 bridgehead atoms. The van der Waals surface area contributed by atoms with Gasteiger partial charge in [-0.2, -0.15) is 11.8 Å². The molecule has 0 radical (unpaired) electrons. The van der Waals surface area contributed by atoms with Crippen LogP contribution in [0.15, 0.2) is 6.07 Å². The Kier molecular flexibility index (Phi) is 3.16. The maximum Gasteiger partial charge on any atom is 0.252 e. The number of carbonyl (C=O) groups excluding carboxylic acids is 1. The third-order valence-electron chi connectivity index (χ3n) is 3.59. The number of amides is 1. The first kappa shape index (κ1) is 11.8. The van der Waals surface area contributed by atoms with Crippen LogP contribution in [0.4, 0.5) is 5.82 Å². The zero-order chi connectivity index (χ0) is 12.5. The number of aryl methyl sites for hydroxylation is 2. The first-order valence-corrected chi connectivity index (χ1v) is 7.56. The van der Waals surface area contributed by atoms with Gasteiger partial charge in [0, 0.05) is 17.5 Å². The van der Waals surface area contributed by atoms with Crippen molar-refractivity contribution in [3.63, 3.8) is 0 Å². The van der Waals surface area contributed by atoms with Crippen molar-refractivity contribution in [1.82, 2.24) is 4.98 Å². The summed E-state index contributed by atoms with van der Waals surface area (Å²) in [6, 6.07) is 2.35. The first-order chi connectivity index (χ1) is 8.74. The van der Waals surface area contributed by atoms with Crippen LogP contribution in [0.2, 0.25) is 0 Å². The average Bonchev–Trinajstić information content (AvgIpc) is 2.97. The van der Waals surface area contributed by atoms with Crippen LogP contribution in [-0.2, 0) is 12.8 Å². The van der Waals surface area contributed by atoms with Crippen molar-refractivity contribution < 1.29 is 4.79 Å². The molecule has 1 aromatic rings. The normalized spacial score (nSPS) is 21.9. The number of pyridine rings is 1. The number of nitrogens with one attached hydrogen (secondary N) is 1. The highest BCUT2D eigenvalue weighted by Gasteiger charge is 2.22. The fourth-order valence-electron chi connectivity index (χ4n) is 2.61. The van der Waals surface area contributed by atoms with Crippen LogP contribution in [0.5, 0.6) is 0 Å². The van der Waals surface area contributed by atoms with Crippen molar-refractivity contribution in [2.45, 2.75) is 31.7 Å². The van der Waals surface area contributed by atoms with E-state index in [2.05, 4.69) is 10.3 Å². The molecule has 5 heteroatoms. The number of nitrogens with two attached hydrogens (primary N) is 1. The molecule has 4 nitrogen and oxygen atoms in total. The van der Waals surface area contributed by atoms with Crippen LogP contribution in [-0.4, -0.2) is 28.4 Å². The highest BCUT2D eigenvalue weighted by molar-refractivity contribution is 7.99. The summed E-state index contributed by atoms with van der Waals surface area (Å²) in [5.41, 5.74) is 8.33. The van der Waals surface area contributed by atoms with Gasteiger partial charge in [-0.15, -0.1) is 0 Å². The third kappa shape index (κ3) is 2.19. The highest BCUT2D eigenvalue weighted by atomic mass is 32.2. The monoisotopic (exact) mass is 263 g/mol. The largest absolute Gasteiger partial charge is 0.366 e. The van der Waals surface area contributed by atoms with Crippen LogP contribution in [0.3, 0.4) is 0 Å². The number of thioether (sulfide) groups is 1. The SMILES string of the molecule is NC(=O)c1cc2c(nc1N[C@@H]1CCSC1)CCC2. The number of rotatable bonds is 3. The van der Waals surface area contributed by atoms with Gasteiger partial charge < -0.3 is 11.1 Å². The van der Waals surface area contributed by atoms with Crippen molar-refractivity contribution in [3.05, 3.63) is 22.9 Å². The molecule has 0 aromatic carbocycles. The van der Waals surface area contributed by atoms with Crippen LogP contribution < -0.4 is 11.1 Å². The molecule has 1 aromatic heterocycles.